The van der Waals surface area contributed by atoms with Gasteiger partial charge in [0.15, 0.2) is 0 Å². The number of hydrogen-bond acceptors (Lipinski definition) is 11. The van der Waals surface area contributed by atoms with Gasteiger partial charge in [-0.2, -0.15) is 0 Å². The minimum Gasteiger partial charge on any atom is -0.387 e. The molecule has 7 aliphatic rings. The number of aliphatic hydroxyl groups is 2. The summed E-state index contributed by atoms with van der Waals surface area (Å²) in [7, 11) is 1.73. The third kappa shape index (κ3) is 10.5. The van der Waals surface area contributed by atoms with E-state index >= 15 is 0 Å². The molecule has 0 aromatic rings. The number of nitrogens with one attached hydrogen (secondary N) is 4. The van der Waals surface area contributed by atoms with Crippen molar-refractivity contribution in [2.75, 3.05) is 33.4 Å². The number of nitrogens with zero attached hydrogens (tertiary/aromatic N) is 2. The number of amides is 1. The van der Waals surface area contributed by atoms with E-state index in [1.165, 1.54) is 0 Å². The van der Waals surface area contributed by atoms with Crippen molar-refractivity contribution >= 4 is 5.91 Å². The highest BCUT2D eigenvalue weighted by molar-refractivity contribution is 5.81. The lowest BCUT2D eigenvalue weighted by atomic mass is 9.87. The number of fused-ring (bicyclic) bond motifs is 4. The van der Waals surface area contributed by atoms with Gasteiger partial charge in [-0.1, -0.05) is 44.2 Å². The van der Waals surface area contributed by atoms with E-state index in [0.29, 0.717) is 87.4 Å². The standard InChI is InChI=1S/C46H73FN6O6/c1-28(2)49-30(4)44(54)50-33(21-29(3)27-59-35-16-17-36(39(23-35)51-47)45(55)52-19-18-31-11-6-8-14-40(31)52)13-10-20-58-43-25-38-37(24-42(43)57-5)46(56)53-34(26-48-38)22-32-12-7-9-15-41(32)53/h6-7,11-12,21,28,30-35,40-43,45-46,48-49,51,55-56H,8-10,13-20,22-27H2,1-5H3,(H,50,54)/b29-21+/t30-,31?,32?,33?,34-,35?,40?,41?,42?,43?,45?,46?/m0/s1. The Morgan fingerprint density at radius 2 is 1.81 bits per heavy atom. The number of allylic oxidation sites excluding steroid dienone is 2. The predicted octanol–water partition coefficient (Wildman–Crippen LogP) is 5.02. The maximum atomic E-state index is 14.2. The second-order valence-corrected chi connectivity index (χ2v) is 18.6. The van der Waals surface area contributed by atoms with Crippen LogP contribution in [0.25, 0.3) is 0 Å². The molecule has 3 aliphatic heterocycles. The lowest BCUT2D eigenvalue weighted by Crippen LogP contribution is -2.48. The van der Waals surface area contributed by atoms with E-state index in [2.05, 4.69) is 56.1 Å². The summed E-state index contributed by atoms with van der Waals surface area (Å²) in [5.41, 5.74) is 6.21. The molecule has 0 radical (unpaired) electrons. The summed E-state index contributed by atoms with van der Waals surface area (Å²) in [4.78, 5) is 17.8. The Morgan fingerprint density at radius 1 is 1.03 bits per heavy atom. The van der Waals surface area contributed by atoms with Gasteiger partial charge >= 0.3 is 0 Å². The minimum atomic E-state index is -0.784. The van der Waals surface area contributed by atoms with E-state index in [0.717, 1.165) is 80.5 Å². The van der Waals surface area contributed by atoms with Crippen LogP contribution in [-0.4, -0.2) is 126 Å². The van der Waals surface area contributed by atoms with Crippen LogP contribution in [0, 0.1) is 11.8 Å². The van der Waals surface area contributed by atoms with Gasteiger partial charge < -0.3 is 40.4 Å². The number of ether oxygens (including phenoxy) is 3. The Balaban J connectivity index is 0.930. The van der Waals surface area contributed by atoms with Gasteiger partial charge in [-0.25, -0.2) is 5.54 Å². The molecule has 4 aliphatic carbocycles. The van der Waals surface area contributed by atoms with Gasteiger partial charge in [-0.3, -0.25) is 14.6 Å². The van der Waals surface area contributed by atoms with E-state index < -0.39 is 12.5 Å². The molecule has 10 unspecified atom stereocenters. The Kier molecular flexibility index (Phi) is 15.4. The van der Waals surface area contributed by atoms with Crippen molar-refractivity contribution in [3.05, 3.63) is 58.5 Å². The average Bonchev–Trinajstić information content (AvgIpc) is 3.81. The number of carbonyl (C=O) groups excluding carboxylic acids is 1. The molecule has 2 saturated heterocycles. The molecule has 7 rings (SSSR count). The van der Waals surface area contributed by atoms with Crippen LogP contribution in [-0.2, 0) is 19.0 Å². The third-order valence-corrected chi connectivity index (χ3v) is 14.2. The highest BCUT2D eigenvalue weighted by Crippen LogP contribution is 2.43. The fourth-order valence-electron chi connectivity index (χ4n) is 11.2. The molecule has 12 atom stereocenters. The molecule has 13 heteroatoms. The van der Waals surface area contributed by atoms with Crippen molar-refractivity contribution in [2.45, 2.75) is 178 Å². The zero-order valence-corrected chi connectivity index (χ0v) is 36.2. The number of rotatable bonds is 17. The van der Waals surface area contributed by atoms with E-state index in [4.69, 9.17) is 14.2 Å². The molecule has 12 nitrogen and oxygen atoms in total. The van der Waals surface area contributed by atoms with E-state index in [9.17, 15) is 19.5 Å². The Bertz CT molecular complexity index is 1600. The molecule has 59 heavy (non-hydrogen) atoms. The first-order chi connectivity index (χ1) is 28.5. The second-order valence-electron chi connectivity index (χ2n) is 18.6. The number of methoxy groups -OCH3 is 1. The monoisotopic (exact) mass is 825 g/mol. The number of hydrogen-bond donors (Lipinski definition) is 6. The van der Waals surface area contributed by atoms with Crippen molar-refractivity contribution in [1.29, 1.82) is 0 Å². The van der Waals surface area contributed by atoms with Crippen LogP contribution in [0.3, 0.4) is 0 Å². The van der Waals surface area contributed by atoms with Crippen molar-refractivity contribution in [3.63, 3.8) is 0 Å². The SMILES string of the molecule is COC1CC2=C(CC1OCCCC(/C=C(\C)COC1CCC(C(O)N3CCC4C=CCCC43)=C(NF)C1)NC(=O)[C@H](C)NC(C)C)NC[C@@H]1CC3C=CCCC3N1C2O. The van der Waals surface area contributed by atoms with Crippen molar-refractivity contribution in [2.24, 2.45) is 11.8 Å². The topological polar surface area (TPSA) is 140 Å². The summed E-state index contributed by atoms with van der Waals surface area (Å²) in [5, 5.41) is 33.4. The zero-order chi connectivity index (χ0) is 41.6. The van der Waals surface area contributed by atoms with Crippen LogP contribution in [0.4, 0.5) is 4.48 Å². The molecule has 330 valence electrons. The molecule has 0 aromatic heterocycles. The van der Waals surface area contributed by atoms with Gasteiger partial charge in [0.1, 0.15) is 12.5 Å². The van der Waals surface area contributed by atoms with Crippen LogP contribution >= 0.6 is 0 Å². The summed E-state index contributed by atoms with van der Waals surface area (Å²) in [6.45, 7) is 10.5. The maximum Gasteiger partial charge on any atom is 0.237 e. The minimum absolute atomic E-state index is 0.0643. The smallest absolute Gasteiger partial charge is 0.237 e. The normalized spacial score (nSPS) is 34.1. The molecule has 0 bridgehead atoms. The average molecular weight is 825 g/mol. The largest absolute Gasteiger partial charge is 0.387 e. The molecule has 6 N–H and O–H groups in total. The fourth-order valence-corrected chi connectivity index (χ4v) is 11.2. The summed E-state index contributed by atoms with van der Waals surface area (Å²) in [6, 6.07) is 0.587. The highest BCUT2D eigenvalue weighted by atomic mass is 19.2. The molecular weight excluding hydrogens is 752 g/mol. The first kappa shape index (κ1) is 44.4. The predicted molar refractivity (Wildman–Crippen MR) is 227 cm³/mol. The summed E-state index contributed by atoms with van der Waals surface area (Å²) in [5.74, 6) is 0.914. The molecule has 1 amide bonds. The number of halogens is 1. The van der Waals surface area contributed by atoms with Crippen LogP contribution < -0.4 is 21.5 Å². The quantitative estimate of drug-likeness (QED) is 0.0670. The molecule has 0 aromatic carbocycles. The van der Waals surface area contributed by atoms with Gasteiger partial charge in [0.05, 0.1) is 31.0 Å². The molecule has 3 heterocycles. The van der Waals surface area contributed by atoms with Crippen LogP contribution in [0.2, 0.25) is 0 Å². The van der Waals surface area contributed by atoms with E-state index in [1.807, 2.05) is 33.2 Å². The van der Waals surface area contributed by atoms with Gasteiger partial charge in [0.2, 0.25) is 5.91 Å². The number of carbonyl (C=O) groups is 1. The van der Waals surface area contributed by atoms with Crippen LogP contribution in [0.1, 0.15) is 111 Å². The summed E-state index contributed by atoms with van der Waals surface area (Å²) < 4.78 is 33.1. The Morgan fingerprint density at radius 3 is 2.58 bits per heavy atom. The van der Waals surface area contributed by atoms with Gasteiger partial charge in [-0.15, -0.1) is 4.48 Å². The first-order valence-corrected chi connectivity index (χ1v) is 22.8. The van der Waals surface area contributed by atoms with E-state index in [1.54, 1.807) is 7.11 Å². The van der Waals surface area contributed by atoms with Crippen molar-refractivity contribution < 1.29 is 33.7 Å². The third-order valence-electron chi connectivity index (χ3n) is 14.2. The summed E-state index contributed by atoms with van der Waals surface area (Å²) in [6.07, 6.45) is 20.0. The second kappa shape index (κ2) is 20.5. The molecular formula is C46H73FN6O6. The molecule has 2 fully saturated rings. The highest BCUT2D eigenvalue weighted by Gasteiger charge is 2.48. The summed E-state index contributed by atoms with van der Waals surface area (Å²) >= 11 is 0. The lowest BCUT2D eigenvalue weighted by Gasteiger charge is -2.39. The van der Waals surface area contributed by atoms with Gasteiger partial charge in [0.25, 0.3) is 0 Å². The Hall–Kier alpha value is -2.62. The Labute approximate surface area is 352 Å². The zero-order valence-electron chi connectivity index (χ0n) is 36.2. The fraction of sp³-hybridized carbons (Fsp3) is 0.761. The maximum absolute atomic E-state index is 14.2. The first-order valence-electron chi connectivity index (χ1n) is 22.8. The van der Waals surface area contributed by atoms with Crippen molar-refractivity contribution in [3.8, 4) is 0 Å². The molecule has 0 spiro atoms. The van der Waals surface area contributed by atoms with Crippen LogP contribution in [0.15, 0.2) is 58.5 Å². The number of aliphatic hydroxyl groups excluding tert-OH is 2. The van der Waals surface area contributed by atoms with Crippen LogP contribution in [0.5, 0.6) is 0 Å². The number of likely N-dealkylation sites (tertiary alicyclic amines) is 1. The van der Waals surface area contributed by atoms with Crippen molar-refractivity contribution in [1.82, 2.24) is 31.3 Å². The van der Waals surface area contributed by atoms with E-state index in [-0.39, 0.29) is 42.3 Å². The van der Waals surface area contributed by atoms with Gasteiger partial charge in [-0.05, 0) is 107 Å². The molecule has 0 saturated carbocycles. The van der Waals surface area contributed by atoms with Gasteiger partial charge in [0, 0.05) is 87.7 Å². The lowest BCUT2D eigenvalue weighted by molar-refractivity contribution is -0.123.